The second-order valence-electron chi connectivity index (χ2n) is 6.25. The maximum Gasteiger partial charge on any atom is 0.146 e. The molecule has 2 atom stereocenters. The number of hydrogen-bond donors (Lipinski definition) is 1. The van der Waals surface area contributed by atoms with Gasteiger partial charge in [0.1, 0.15) is 5.82 Å². The molecule has 1 aliphatic heterocycles. The monoisotopic (exact) mass is 262 g/mol. The summed E-state index contributed by atoms with van der Waals surface area (Å²) in [7, 11) is 0. The van der Waals surface area contributed by atoms with Crippen molar-refractivity contribution in [2.75, 3.05) is 24.5 Å². The Labute approximate surface area is 115 Å². The van der Waals surface area contributed by atoms with E-state index in [0.29, 0.717) is 12.0 Å². The van der Waals surface area contributed by atoms with E-state index in [1.165, 1.54) is 19.3 Å². The van der Waals surface area contributed by atoms with Crippen LogP contribution in [0, 0.1) is 17.7 Å². The third-order valence-electron chi connectivity index (χ3n) is 4.24. The van der Waals surface area contributed by atoms with Gasteiger partial charge in [0.25, 0.3) is 0 Å². The summed E-state index contributed by atoms with van der Waals surface area (Å²) < 4.78 is 13.9. The average Bonchev–Trinajstić information content (AvgIpc) is 3.20. The van der Waals surface area contributed by atoms with Crippen molar-refractivity contribution in [1.82, 2.24) is 5.32 Å². The Morgan fingerprint density at radius 2 is 2.05 bits per heavy atom. The van der Waals surface area contributed by atoms with Gasteiger partial charge in [-0.2, -0.15) is 0 Å². The fourth-order valence-electron chi connectivity index (χ4n) is 3.06. The molecule has 1 aromatic carbocycles. The molecule has 0 spiro atoms. The molecule has 0 bridgehead atoms. The normalized spacial score (nSPS) is 27.6. The first-order valence-corrected chi connectivity index (χ1v) is 7.45. The van der Waals surface area contributed by atoms with Crippen molar-refractivity contribution in [3.63, 3.8) is 0 Å². The minimum atomic E-state index is -0.0995. The number of benzene rings is 1. The highest BCUT2D eigenvalue weighted by Crippen LogP contribution is 2.29. The number of rotatable bonds is 4. The lowest BCUT2D eigenvalue weighted by Crippen LogP contribution is -2.49. The van der Waals surface area contributed by atoms with Gasteiger partial charge in [0.2, 0.25) is 0 Å². The van der Waals surface area contributed by atoms with Crippen molar-refractivity contribution >= 4 is 5.69 Å². The number of nitrogens with zero attached hydrogens (tertiary/aromatic N) is 1. The lowest BCUT2D eigenvalue weighted by Gasteiger charge is -2.38. The summed E-state index contributed by atoms with van der Waals surface area (Å²) in [6.07, 6.45) is 3.97. The molecule has 0 amide bonds. The highest BCUT2D eigenvalue weighted by molar-refractivity contribution is 5.48. The van der Waals surface area contributed by atoms with Crippen LogP contribution in [0.3, 0.4) is 0 Å². The van der Waals surface area contributed by atoms with Crippen LogP contribution in [0.5, 0.6) is 0 Å². The number of nitrogens with one attached hydrogen (secondary N) is 1. The van der Waals surface area contributed by atoms with Crippen LogP contribution in [0.15, 0.2) is 24.3 Å². The molecule has 1 N–H and O–H groups in total. The van der Waals surface area contributed by atoms with Crippen LogP contribution in [0.2, 0.25) is 0 Å². The first-order chi connectivity index (χ1) is 9.22. The molecule has 1 saturated heterocycles. The molecular weight excluding hydrogens is 239 g/mol. The zero-order valence-corrected chi connectivity index (χ0v) is 11.6. The van der Waals surface area contributed by atoms with Crippen LogP contribution in [-0.2, 0) is 0 Å². The topological polar surface area (TPSA) is 15.3 Å². The van der Waals surface area contributed by atoms with E-state index in [1.807, 2.05) is 12.1 Å². The summed E-state index contributed by atoms with van der Waals surface area (Å²) >= 11 is 0. The Kier molecular flexibility index (Phi) is 3.74. The fourth-order valence-corrected chi connectivity index (χ4v) is 3.06. The molecule has 2 nitrogen and oxygen atoms in total. The number of halogens is 1. The fraction of sp³-hybridized carbons (Fsp3) is 0.625. The number of anilines is 1. The standard InChI is InChI=1S/C16H23FN2/c1-12-8-14(18-9-13-6-7-13)11-19(10-12)16-5-3-2-4-15(16)17/h2-5,12-14,18H,6-11H2,1H3. The van der Waals surface area contributed by atoms with Crippen LogP contribution in [0.25, 0.3) is 0 Å². The largest absolute Gasteiger partial charge is 0.367 e. The number of para-hydroxylation sites is 1. The van der Waals surface area contributed by atoms with Crippen molar-refractivity contribution < 1.29 is 4.39 Å². The van der Waals surface area contributed by atoms with Crippen LogP contribution >= 0.6 is 0 Å². The predicted molar refractivity (Wildman–Crippen MR) is 76.9 cm³/mol. The van der Waals surface area contributed by atoms with Gasteiger partial charge in [-0.05, 0) is 49.8 Å². The molecule has 1 saturated carbocycles. The van der Waals surface area contributed by atoms with Gasteiger partial charge in [-0.3, -0.25) is 0 Å². The molecule has 0 radical (unpaired) electrons. The van der Waals surface area contributed by atoms with E-state index in [2.05, 4.69) is 17.1 Å². The molecular formula is C16H23FN2. The third kappa shape index (κ3) is 3.27. The molecule has 1 aliphatic carbocycles. The zero-order chi connectivity index (χ0) is 13.2. The number of hydrogen-bond acceptors (Lipinski definition) is 2. The Bertz CT molecular complexity index is 431. The van der Waals surface area contributed by atoms with Gasteiger partial charge in [0.05, 0.1) is 5.69 Å². The molecule has 1 aromatic rings. The molecule has 104 valence electrons. The average molecular weight is 262 g/mol. The molecule has 2 unspecified atom stereocenters. The second-order valence-corrected chi connectivity index (χ2v) is 6.25. The lowest BCUT2D eigenvalue weighted by atomic mass is 9.95. The minimum Gasteiger partial charge on any atom is -0.367 e. The van der Waals surface area contributed by atoms with Gasteiger partial charge in [-0.25, -0.2) is 4.39 Å². The summed E-state index contributed by atoms with van der Waals surface area (Å²) in [5, 5.41) is 3.67. The van der Waals surface area contributed by atoms with E-state index in [0.717, 1.165) is 31.2 Å². The lowest BCUT2D eigenvalue weighted by molar-refractivity contribution is 0.346. The Morgan fingerprint density at radius 1 is 1.26 bits per heavy atom. The molecule has 3 heteroatoms. The Balaban J connectivity index is 1.65. The van der Waals surface area contributed by atoms with E-state index in [-0.39, 0.29) is 5.82 Å². The molecule has 0 aromatic heterocycles. The van der Waals surface area contributed by atoms with E-state index < -0.39 is 0 Å². The van der Waals surface area contributed by atoms with Crippen LogP contribution in [-0.4, -0.2) is 25.7 Å². The van der Waals surface area contributed by atoms with Crippen molar-refractivity contribution in [1.29, 1.82) is 0 Å². The maximum absolute atomic E-state index is 13.9. The SMILES string of the molecule is CC1CC(NCC2CC2)CN(c2ccccc2F)C1. The zero-order valence-electron chi connectivity index (χ0n) is 11.6. The number of piperidine rings is 1. The minimum absolute atomic E-state index is 0.0995. The molecule has 19 heavy (non-hydrogen) atoms. The Hall–Kier alpha value is -1.09. The van der Waals surface area contributed by atoms with Crippen molar-refractivity contribution in [2.45, 2.75) is 32.2 Å². The first-order valence-electron chi connectivity index (χ1n) is 7.45. The summed E-state index contributed by atoms with van der Waals surface area (Å²) in [6, 6.07) is 7.63. The van der Waals surface area contributed by atoms with Gasteiger partial charge in [-0.1, -0.05) is 19.1 Å². The van der Waals surface area contributed by atoms with Gasteiger partial charge in [-0.15, -0.1) is 0 Å². The van der Waals surface area contributed by atoms with Crippen LogP contribution in [0.1, 0.15) is 26.2 Å². The molecule has 1 heterocycles. The highest BCUT2D eigenvalue weighted by Gasteiger charge is 2.28. The van der Waals surface area contributed by atoms with Crippen molar-refractivity contribution in [3.8, 4) is 0 Å². The van der Waals surface area contributed by atoms with E-state index in [9.17, 15) is 4.39 Å². The van der Waals surface area contributed by atoms with E-state index >= 15 is 0 Å². The van der Waals surface area contributed by atoms with Crippen LogP contribution < -0.4 is 10.2 Å². The van der Waals surface area contributed by atoms with Gasteiger partial charge in [0, 0.05) is 19.1 Å². The van der Waals surface area contributed by atoms with E-state index in [4.69, 9.17) is 0 Å². The van der Waals surface area contributed by atoms with Crippen molar-refractivity contribution in [3.05, 3.63) is 30.1 Å². The molecule has 3 rings (SSSR count). The maximum atomic E-state index is 13.9. The van der Waals surface area contributed by atoms with Crippen molar-refractivity contribution in [2.24, 2.45) is 11.8 Å². The summed E-state index contributed by atoms with van der Waals surface area (Å²) in [5.41, 5.74) is 0.757. The summed E-state index contributed by atoms with van der Waals surface area (Å²) in [6.45, 7) is 5.29. The summed E-state index contributed by atoms with van der Waals surface area (Å²) in [5.74, 6) is 1.42. The third-order valence-corrected chi connectivity index (χ3v) is 4.24. The Morgan fingerprint density at radius 3 is 2.79 bits per heavy atom. The van der Waals surface area contributed by atoms with Gasteiger partial charge < -0.3 is 10.2 Å². The smallest absolute Gasteiger partial charge is 0.146 e. The quantitative estimate of drug-likeness (QED) is 0.897. The van der Waals surface area contributed by atoms with Gasteiger partial charge in [0.15, 0.2) is 0 Å². The summed E-state index contributed by atoms with van der Waals surface area (Å²) in [4.78, 5) is 2.20. The van der Waals surface area contributed by atoms with Crippen LogP contribution in [0.4, 0.5) is 10.1 Å². The molecule has 2 aliphatic rings. The molecule has 2 fully saturated rings. The highest BCUT2D eigenvalue weighted by atomic mass is 19.1. The van der Waals surface area contributed by atoms with E-state index in [1.54, 1.807) is 12.1 Å². The van der Waals surface area contributed by atoms with Gasteiger partial charge >= 0.3 is 0 Å². The first kappa shape index (κ1) is 12.9. The predicted octanol–water partition coefficient (Wildman–Crippen LogP) is 3.04. The second kappa shape index (κ2) is 5.49.